The SMILES string of the molecule is C.C.C.C.C.C.C=C[Si](O)(OC)O[Si](C)(C)O[Si](O)(OC)OC. The van der Waals surface area contributed by atoms with E-state index < -0.39 is 26.4 Å². The van der Waals surface area contributed by atoms with Gasteiger partial charge in [0.1, 0.15) is 0 Å². The van der Waals surface area contributed by atoms with Crippen molar-refractivity contribution in [1.29, 1.82) is 0 Å². The molecular formula is C13H44O7Si3. The van der Waals surface area contributed by atoms with Crippen molar-refractivity contribution in [3.8, 4) is 0 Å². The summed E-state index contributed by atoms with van der Waals surface area (Å²) in [7, 11) is -6.18. The predicted molar refractivity (Wildman–Crippen MR) is 107 cm³/mol. The zero-order valence-electron chi connectivity index (χ0n) is 10.7. The van der Waals surface area contributed by atoms with Crippen molar-refractivity contribution < 1.29 is 31.1 Å². The van der Waals surface area contributed by atoms with Gasteiger partial charge in [0.2, 0.25) is 0 Å². The molecular weight excluding hydrogens is 352 g/mol. The maximum Gasteiger partial charge on any atom is 0.667 e. The fraction of sp³-hybridized carbons (Fsp3) is 0.846. The Labute approximate surface area is 149 Å². The first-order chi connectivity index (χ1) is 7.66. The Morgan fingerprint density at radius 2 is 1.09 bits per heavy atom. The van der Waals surface area contributed by atoms with Crippen LogP contribution in [0.25, 0.3) is 0 Å². The molecule has 10 heteroatoms. The first-order valence-corrected chi connectivity index (χ1v) is 11.1. The quantitative estimate of drug-likeness (QED) is 0.606. The van der Waals surface area contributed by atoms with Crippen LogP contribution < -0.4 is 0 Å². The summed E-state index contributed by atoms with van der Waals surface area (Å²) in [5.41, 5.74) is 1.21. The van der Waals surface area contributed by atoms with Gasteiger partial charge < -0.3 is 31.1 Å². The van der Waals surface area contributed by atoms with Gasteiger partial charge in [0.25, 0.3) is 0 Å². The van der Waals surface area contributed by atoms with Gasteiger partial charge in [0, 0.05) is 21.3 Å². The topological polar surface area (TPSA) is 86.6 Å². The minimum Gasteiger partial charge on any atom is -0.390 e. The lowest BCUT2D eigenvalue weighted by Crippen LogP contribution is -2.58. The average Bonchev–Trinajstić information content (AvgIpc) is 2.27. The molecule has 0 bridgehead atoms. The lowest BCUT2D eigenvalue weighted by Gasteiger charge is -2.33. The third-order valence-electron chi connectivity index (χ3n) is 1.83. The van der Waals surface area contributed by atoms with Gasteiger partial charge in [-0.25, -0.2) is 0 Å². The van der Waals surface area contributed by atoms with Crippen molar-refractivity contribution in [2.75, 3.05) is 21.3 Å². The summed E-state index contributed by atoms with van der Waals surface area (Å²) >= 11 is 0. The van der Waals surface area contributed by atoms with Crippen LogP contribution in [0.3, 0.4) is 0 Å². The van der Waals surface area contributed by atoms with Gasteiger partial charge in [-0.3, -0.25) is 0 Å². The molecule has 7 nitrogen and oxygen atoms in total. The molecule has 0 aliphatic carbocycles. The summed E-state index contributed by atoms with van der Waals surface area (Å²) in [6, 6.07) is 0. The average molecular weight is 397 g/mol. The van der Waals surface area contributed by atoms with Crippen LogP contribution in [0.4, 0.5) is 0 Å². The van der Waals surface area contributed by atoms with E-state index in [1.807, 2.05) is 0 Å². The maximum absolute atomic E-state index is 9.89. The van der Waals surface area contributed by atoms with E-state index in [4.69, 9.17) is 21.5 Å². The third-order valence-corrected chi connectivity index (χ3v) is 10.1. The summed E-state index contributed by atoms with van der Waals surface area (Å²) in [5, 5.41) is 0. The summed E-state index contributed by atoms with van der Waals surface area (Å²) in [6.45, 7) is 6.70. The minimum absolute atomic E-state index is 0. The lowest BCUT2D eigenvalue weighted by atomic mass is 11.3. The Balaban J connectivity index is -0.0000000853. The van der Waals surface area contributed by atoms with Gasteiger partial charge in [-0.05, 0) is 18.8 Å². The lowest BCUT2D eigenvalue weighted by molar-refractivity contribution is 0.0578. The van der Waals surface area contributed by atoms with E-state index in [-0.39, 0.29) is 44.6 Å². The van der Waals surface area contributed by atoms with E-state index in [0.29, 0.717) is 0 Å². The highest BCUT2D eigenvalue weighted by molar-refractivity contribution is 6.82. The minimum atomic E-state index is -3.70. The highest BCUT2D eigenvalue weighted by atomic mass is 28.5. The van der Waals surface area contributed by atoms with E-state index >= 15 is 0 Å². The molecule has 0 aliphatic rings. The fourth-order valence-electron chi connectivity index (χ4n) is 1.02. The Hall–Kier alpha value is 0.111. The zero-order chi connectivity index (χ0) is 13.7. The van der Waals surface area contributed by atoms with Gasteiger partial charge in [-0.2, -0.15) is 0 Å². The Bertz CT molecular complexity index is 264. The second-order valence-electron chi connectivity index (χ2n) is 3.58. The maximum atomic E-state index is 9.89. The van der Waals surface area contributed by atoms with Crippen LogP contribution in [0, 0.1) is 0 Å². The molecule has 0 saturated carbocycles. The molecule has 2 N–H and O–H groups in total. The normalized spacial score (nSPS) is 12.3. The zero-order valence-corrected chi connectivity index (χ0v) is 13.7. The highest BCUT2D eigenvalue weighted by Crippen LogP contribution is 2.19. The monoisotopic (exact) mass is 396 g/mol. The molecule has 0 aliphatic heterocycles. The summed E-state index contributed by atoms with van der Waals surface area (Å²) in [5.74, 6) is 0. The van der Waals surface area contributed by atoms with Gasteiger partial charge in [0.05, 0.1) is 0 Å². The molecule has 0 saturated heterocycles. The second-order valence-corrected chi connectivity index (χ2v) is 11.9. The number of hydrogen-bond donors (Lipinski definition) is 2. The number of rotatable bonds is 8. The molecule has 0 amide bonds. The molecule has 1 unspecified atom stereocenters. The first kappa shape index (κ1) is 43.5. The van der Waals surface area contributed by atoms with Crippen LogP contribution in [-0.4, -0.2) is 57.3 Å². The Kier molecular flexibility index (Phi) is 32.1. The molecule has 0 rings (SSSR count). The molecule has 0 aromatic rings. The van der Waals surface area contributed by atoms with E-state index in [9.17, 15) is 9.59 Å². The molecule has 0 heterocycles. The molecule has 23 heavy (non-hydrogen) atoms. The van der Waals surface area contributed by atoms with E-state index in [1.54, 1.807) is 13.1 Å². The summed E-state index contributed by atoms with van der Waals surface area (Å²) in [4.78, 5) is 19.7. The fourth-order valence-corrected chi connectivity index (χ4v) is 8.53. The third kappa shape index (κ3) is 15.4. The van der Waals surface area contributed by atoms with Crippen LogP contribution in [0.5, 0.6) is 0 Å². The van der Waals surface area contributed by atoms with Crippen LogP contribution in [0.1, 0.15) is 44.6 Å². The number of hydrogen-bond acceptors (Lipinski definition) is 7. The first-order valence-electron chi connectivity index (χ1n) is 4.80. The van der Waals surface area contributed by atoms with E-state index in [0.717, 1.165) is 0 Å². The Morgan fingerprint density at radius 1 is 0.739 bits per heavy atom. The molecule has 1 atom stereocenters. The van der Waals surface area contributed by atoms with Crippen molar-refractivity contribution in [2.45, 2.75) is 57.7 Å². The van der Waals surface area contributed by atoms with Crippen molar-refractivity contribution in [3.05, 3.63) is 12.3 Å². The van der Waals surface area contributed by atoms with Crippen LogP contribution in [-0.2, 0) is 21.5 Å². The van der Waals surface area contributed by atoms with E-state index in [1.165, 1.54) is 27.0 Å². The van der Waals surface area contributed by atoms with E-state index in [2.05, 4.69) is 6.58 Å². The Morgan fingerprint density at radius 3 is 1.30 bits per heavy atom. The summed E-state index contributed by atoms with van der Waals surface area (Å²) < 4.78 is 25.2. The van der Waals surface area contributed by atoms with Crippen LogP contribution in [0.2, 0.25) is 13.1 Å². The van der Waals surface area contributed by atoms with Crippen molar-refractivity contribution in [2.24, 2.45) is 0 Å². The smallest absolute Gasteiger partial charge is 0.390 e. The van der Waals surface area contributed by atoms with Gasteiger partial charge >= 0.3 is 26.4 Å². The molecule has 150 valence electrons. The molecule has 0 radical (unpaired) electrons. The predicted octanol–water partition coefficient (Wildman–Crippen LogP) is 3.56. The van der Waals surface area contributed by atoms with Crippen LogP contribution >= 0.6 is 0 Å². The van der Waals surface area contributed by atoms with Gasteiger partial charge in [-0.15, -0.1) is 0 Å². The second kappa shape index (κ2) is 17.0. The molecule has 0 aromatic carbocycles. The summed E-state index contributed by atoms with van der Waals surface area (Å²) in [6.07, 6.45) is 0. The molecule has 0 fully saturated rings. The van der Waals surface area contributed by atoms with Crippen LogP contribution in [0.15, 0.2) is 12.3 Å². The van der Waals surface area contributed by atoms with Gasteiger partial charge in [-0.1, -0.05) is 51.1 Å². The van der Waals surface area contributed by atoms with Crippen molar-refractivity contribution >= 4 is 26.4 Å². The standard InChI is InChI=1S/C7H20O7Si3.6CH4/c1-7-16(8,10-2)13-15(5,6)14-17(9,11-3)12-4;;;;;;/h7-9H,1H2,2-6H3;6*1H4. The van der Waals surface area contributed by atoms with Crippen molar-refractivity contribution in [1.82, 2.24) is 0 Å². The largest absolute Gasteiger partial charge is 0.667 e. The molecule has 0 aromatic heterocycles. The highest BCUT2D eigenvalue weighted by Gasteiger charge is 2.50. The molecule has 0 spiro atoms. The van der Waals surface area contributed by atoms with Gasteiger partial charge in [0.15, 0.2) is 0 Å². The van der Waals surface area contributed by atoms with Crippen molar-refractivity contribution in [3.63, 3.8) is 0 Å².